The molecule has 5 heteroatoms. The van der Waals surface area contributed by atoms with E-state index in [1.165, 1.54) is 11.1 Å². The summed E-state index contributed by atoms with van der Waals surface area (Å²) in [5.74, 6) is 1.50. The van der Waals surface area contributed by atoms with Crippen LogP contribution in [0.1, 0.15) is 30.5 Å². The largest absolute Gasteiger partial charge is 0.454 e. The van der Waals surface area contributed by atoms with Crippen molar-refractivity contribution < 1.29 is 9.47 Å². The van der Waals surface area contributed by atoms with Gasteiger partial charge in [0.05, 0.1) is 6.04 Å². The topological polar surface area (TPSA) is 42.5 Å². The maximum Gasteiger partial charge on any atom is 0.231 e. The second kappa shape index (κ2) is 6.87. The first-order valence-corrected chi connectivity index (χ1v) is 8.10. The van der Waals surface area contributed by atoms with E-state index < -0.39 is 0 Å². The van der Waals surface area contributed by atoms with Crippen LogP contribution >= 0.6 is 12.2 Å². The molecule has 3 rings (SSSR count). The summed E-state index contributed by atoms with van der Waals surface area (Å²) >= 11 is 5.44. The summed E-state index contributed by atoms with van der Waals surface area (Å²) in [6.45, 7) is 4.50. The normalized spacial score (nSPS) is 13.5. The van der Waals surface area contributed by atoms with Gasteiger partial charge in [-0.2, -0.15) is 0 Å². The fourth-order valence-corrected chi connectivity index (χ4v) is 2.78. The zero-order valence-electron chi connectivity index (χ0n) is 13.3. The Morgan fingerprint density at radius 2 is 1.87 bits per heavy atom. The minimum absolute atomic E-state index is 0.185. The molecule has 0 bridgehead atoms. The molecule has 1 aliphatic heterocycles. The lowest BCUT2D eigenvalue weighted by molar-refractivity contribution is 0.174. The lowest BCUT2D eigenvalue weighted by Gasteiger charge is -2.20. The van der Waals surface area contributed by atoms with Crippen molar-refractivity contribution in [3.63, 3.8) is 0 Å². The molecule has 2 aromatic carbocycles. The lowest BCUT2D eigenvalue weighted by atomic mass is 10.0. The molecule has 0 amide bonds. The van der Waals surface area contributed by atoms with Gasteiger partial charge in [0.1, 0.15) is 0 Å². The molecule has 1 aliphatic rings. The monoisotopic (exact) mass is 328 g/mol. The predicted molar refractivity (Wildman–Crippen MR) is 96.1 cm³/mol. The highest BCUT2D eigenvalue weighted by Gasteiger charge is 2.14. The van der Waals surface area contributed by atoms with E-state index in [2.05, 4.69) is 48.7 Å². The van der Waals surface area contributed by atoms with Gasteiger partial charge in [0, 0.05) is 11.8 Å². The highest BCUT2D eigenvalue weighted by atomic mass is 32.1. The van der Waals surface area contributed by atoms with E-state index in [1.807, 2.05) is 18.2 Å². The van der Waals surface area contributed by atoms with Crippen LogP contribution in [0.5, 0.6) is 11.5 Å². The van der Waals surface area contributed by atoms with Gasteiger partial charge < -0.3 is 20.1 Å². The van der Waals surface area contributed by atoms with Crippen molar-refractivity contribution in [3.8, 4) is 11.5 Å². The standard InChI is InChI=1S/C18H20N2O2S/c1-3-15(13-6-4-12(2)5-7-13)20-18(23)19-14-8-9-16-17(10-14)22-11-21-16/h4-10,15H,3,11H2,1-2H3,(H2,19,20,23)/t15-/m1/s1. The minimum Gasteiger partial charge on any atom is -0.454 e. The molecule has 2 N–H and O–H groups in total. The maximum atomic E-state index is 5.44. The molecule has 0 spiro atoms. The van der Waals surface area contributed by atoms with Gasteiger partial charge in [-0.15, -0.1) is 0 Å². The van der Waals surface area contributed by atoms with E-state index in [0.29, 0.717) is 5.11 Å². The van der Waals surface area contributed by atoms with Gasteiger partial charge in [0.15, 0.2) is 16.6 Å². The second-order valence-electron chi connectivity index (χ2n) is 5.54. The predicted octanol–water partition coefficient (Wildman–Crippen LogP) is 4.16. The SMILES string of the molecule is CC[C@@H](NC(=S)Nc1ccc2c(c1)OCO2)c1ccc(C)cc1. The lowest BCUT2D eigenvalue weighted by Crippen LogP contribution is -2.32. The van der Waals surface area contributed by atoms with E-state index >= 15 is 0 Å². The van der Waals surface area contributed by atoms with Gasteiger partial charge in [-0.1, -0.05) is 36.8 Å². The molecule has 0 radical (unpaired) electrons. The van der Waals surface area contributed by atoms with Crippen molar-refractivity contribution in [2.45, 2.75) is 26.3 Å². The first kappa shape index (κ1) is 15.6. The number of fused-ring (bicyclic) bond motifs is 1. The Hall–Kier alpha value is -2.27. The quantitative estimate of drug-likeness (QED) is 0.825. The molecule has 0 aromatic heterocycles. The highest BCUT2D eigenvalue weighted by Crippen LogP contribution is 2.34. The number of hydrogen-bond acceptors (Lipinski definition) is 3. The molecule has 23 heavy (non-hydrogen) atoms. The molecule has 1 atom stereocenters. The number of nitrogens with one attached hydrogen (secondary N) is 2. The van der Waals surface area contributed by atoms with Crippen LogP contribution < -0.4 is 20.1 Å². The van der Waals surface area contributed by atoms with Crippen molar-refractivity contribution in [1.82, 2.24) is 5.32 Å². The van der Waals surface area contributed by atoms with E-state index in [1.54, 1.807) is 0 Å². The van der Waals surface area contributed by atoms with Crippen LogP contribution in [0.25, 0.3) is 0 Å². The Labute approximate surface area is 141 Å². The van der Waals surface area contributed by atoms with Gasteiger partial charge >= 0.3 is 0 Å². The first-order valence-electron chi connectivity index (χ1n) is 7.69. The summed E-state index contributed by atoms with van der Waals surface area (Å²) in [5, 5.41) is 7.16. The Morgan fingerprint density at radius 3 is 2.61 bits per heavy atom. The fraction of sp³-hybridized carbons (Fsp3) is 0.278. The van der Waals surface area contributed by atoms with Gasteiger partial charge in [-0.25, -0.2) is 0 Å². The molecular formula is C18H20N2O2S. The first-order chi connectivity index (χ1) is 11.2. The number of anilines is 1. The zero-order chi connectivity index (χ0) is 16.2. The van der Waals surface area contributed by atoms with Crippen molar-refractivity contribution in [2.75, 3.05) is 12.1 Å². The third-order valence-corrected chi connectivity index (χ3v) is 4.04. The van der Waals surface area contributed by atoms with Crippen molar-refractivity contribution in [3.05, 3.63) is 53.6 Å². The van der Waals surface area contributed by atoms with Crippen LogP contribution in [0, 0.1) is 6.92 Å². The van der Waals surface area contributed by atoms with Crippen LogP contribution in [-0.2, 0) is 0 Å². The summed E-state index contributed by atoms with van der Waals surface area (Å²) in [5.41, 5.74) is 3.36. The van der Waals surface area contributed by atoms with E-state index in [0.717, 1.165) is 23.6 Å². The molecular weight excluding hydrogens is 308 g/mol. The van der Waals surface area contributed by atoms with E-state index in [-0.39, 0.29) is 12.8 Å². The van der Waals surface area contributed by atoms with Crippen molar-refractivity contribution >= 4 is 23.0 Å². The van der Waals surface area contributed by atoms with Crippen LogP contribution in [0.15, 0.2) is 42.5 Å². The van der Waals surface area contributed by atoms with Crippen molar-refractivity contribution in [2.24, 2.45) is 0 Å². The number of ether oxygens (including phenoxy) is 2. The number of benzene rings is 2. The molecule has 0 aliphatic carbocycles. The van der Waals surface area contributed by atoms with Crippen LogP contribution in [0.4, 0.5) is 5.69 Å². The van der Waals surface area contributed by atoms with Gasteiger partial charge in [0.2, 0.25) is 6.79 Å². The fourth-order valence-electron chi connectivity index (χ4n) is 2.52. The Kier molecular flexibility index (Phi) is 4.67. The molecule has 1 heterocycles. The van der Waals surface area contributed by atoms with E-state index in [9.17, 15) is 0 Å². The minimum atomic E-state index is 0.185. The van der Waals surface area contributed by atoms with Crippen molar-refractivity contribution in [1.29, 1.82) is 0 Å². The Bertz CT molecular complexity index is 701. The molecule has 0 saturated heterocycles. The molecule has 0 fully saturated rings. The summed E-state index contributed by atoms with van der Waals surface area (Å²) in [7, 11) is 0. The Balaban J connectivity index is 1.64. The summed E-state index contributed by atoms with van der Waals surface area (Å²) in [6.07, 6.45) is 0.950. The van der Waals surface area contributed by atoms with Crippen LogP contribution in [-0.4, -0.2) is 11.9 Å². The maximum absolute atomic E-state index is 5.44. The average molecular weight is 328 g/mol. The number of rotatable bonds is 4. The molecule has 0 unspecified atom stereocenters. The smallest absolute Gasteiger partial charge is 0.231 e. The third kappa shape index (κ3) is 3.74. The second-order valence-corrected chi connectivity index (χ2v) is 5.95. The third-order valence-electron chi connectivity index (χ3n) is 3.82. The zero-order valence-corrected chi connectivity index (χ0v) is 14.1. The van der Waals surface area contributed by atoms with Gasteiger partial charge in [-0.05, 0) is 43.3 Å². The number of hydrogen-bond donors (Lipinski definition) is 2. The Morgan fingerprint density at radius 1 is 1.13 bits per heavy atom. The molecule has 120 valence electrons. The number of aryl methyl sites for hydroxylation is 1. The van der Waals surface area contributed by atoms with Gasteiger partial charge in [0.25, 0.3) is 0 Å². The average Bonchev–Trinajstić information content (AvgIpc) is 3.01. The van der Waals surface area contributed by atoms with Crippen LogP contribution in [0.3, 0.4) is 0 Å². The van der Waals surface area contributed by atoms with Crippen LogP contribution in [0.2, 0.25) is 0 Å². The highest BCUT2D eigenvalue weighted by molar-refractivity contribution is 7.80. The molecule has 0 saturated carbocycles. The molecule has 4 nitrogen and oxygen atoms in total. The van der Waals surface area contributed by atoms with E-state index in [4.69, 9.17) is 21.7 Å². The van der Waals surface area contributed by atoms with Gasteiger partial charge in [-0.3, -0.25) is 0 Å². The summed E-state index contributed by atoms with van der Waals surface area (Å²) in [6, 6.07) is 14.4. The summed E-state index contributed by atoms with van der Waals surface area (Å²) < 4.78 is 10.7. The molecule has 2 aromatic rings. The number of thiocarbonyl (C=S) groups is 1. The summed E-state index contributed by atoms with van der Waals surface area (Å²) in [4.78, 5) is 0.